The summed E-state index contributed by atoms with van der Waals surface area (Å²) in [5.74, 6) is -0.180. The molecule has 0 aliphatic heterocycles. The zero-order chi connectivity index (χ0) is 17.7. The molecule has 1 aliphatic carbocycles. The summed E-state index contributed by atoms with van der Waals surface area (Å²) in [4.78, 5) is 12.8. The highest BCUT2D eigenvalue weighted by molar-refractivity contribution is 14.1. The standard InChI is InChI=1S/C17H25IN2O3S/c1-20(2)24(22,23)14-10-11-16(18)15(12-14)17(21)19-13-8-6-4-3-5-7-9-13/h10-13H,3-9H2,1-2H3,(H,19,21). The lowest BCUT2D eigenvalue weighted by Crippen LogP contribution is -2.35. The normalized spacial score (nSPS) is 17.3. The lowest BCUT2D eigenvalue weighted by molar-refractivity contribution is 0.0929. The molecule has 0 spiro atoms. The SMILES string of the molecule is CN(C)S(=O)(=O)c1ccc(I)c(C(=O)NC2CCCCCCC2)c1. The van der Waals surface area contributed by atoms with Crippen LogP contribution in [0.2, 0.25) is 0 Å². The highest BCUT2D eigenvalue weighted by Gasteiger charge is 2.22. The average Bonchev–Trinajstić information content (AvgIpc) is 2.49. The molecule has 0 saturated heterocycles. The summed E-state index contributed by atoms with van der Waals surface area (Å²) in [6.45, 7) is 0. The number of hydrogen-bond donors (Lipinski definition) is 1. The van der Waals surface area contributed by atoms with Gasteiger partial charge in [0, 0.05) is 23.7 Å². The predicted molar refractivity (Wildman–Crippen MR) is 104 cm³/mol. The number of hydrogen-bond acceptors (Lipinski definition) is 3. The van der Waals surface area contributed by atoms with Crippen LogP contribution in [-0.2, 0) is 10.0 Å². The molecule has 1 amide bonds. The maximum atomic E-state index is 12.7. The molecule has 24 heavy (non-hydrogen) atoms. The summed E-state index contributed by atoms with van der Waals surface area (Å²) in [5.41, 5.74) is 0.431. The van der Waals surface area contributed by atoms with Gasteiger partial charge in [0.05, 0.1) is 10.5 Å². The highest BCUT2D eigenvalue weighted by atomic mass is 127. The molecule has 0 bridgehead atoms. The van der Waals surface area contributed by atoms with Gasteiger partial charge in [-0.15, -0.1) is 0 Å². The number of nitrogens with one attached hydrogen (secondary N) is 1. The van der Waals surface area contributed by atoms with E-state index in [9.17, 15) is 13.2 Å². The van der Waals surface area contributed by atoms with E-state index in [0.29, 0.717) is 5.56 Å². The van der Waals surface area contributed by atoms with Crippen molar-refractivity contribution >= 4 is 38.5 Å². The van der Waals surface area contributed by atoms with Crippen molar-refractivity contribution < 1.29 is 13.2 Å². The van der Waals surface area contributed by atoms with Crippen molar-refractivity contribution in [3.8, 4) is 0 Å². The van der Waals surface area contributed by atoms with Crippen molar-refractivity contribution in [3.05, 3.63) is 27.3 Å². The lowest BCUT2D eigenvalue weighted by Gasteiger charge is -2.21. The van der Waals surface area contributed by atoms with Crippen molar-refractivity contribution in [1.82, 2.24) is 9.62 Å². The first-order valence-electron chi connectivity index (χ1n) is 8.35. The molecule has 0 heterocycles. The minimum absolute atomic E-state index is 0.149. The molecule has 1 fully saturated rings. The second kappa shape index (κ2) is 8.62. The number of benzene rings is 1. The Morgan fingerprint density at radius 2 is 1.71 bits per heavy atom. The number of amides is 1. The van der Waals surface area contributed by atoms with Crippen molar-refractivity contribution in [2.24, 2.45) is 0 Å². The van der Waals surface area contributed by atoms with E-state index in [4.69, 9.17) is 0 Å². The molecular formula is C17H25IN2O3S. The second-order valence-corrected chi connectivity index (χ2v) is 9.76. The quantitative estimate of drug-likeness (QED) is 0.695. The van der Waals surface area contributed by atoms with Crippen LogP contribution in [0.5, 0.6) is 0 Å². The Bertz CT molecular complexity index is 681. The molecule has 0 atom stereocenters. The Morgan fingerprint density at radius 3 is 2.29 bits per heavy atom. The van der Waals surface area contributed by atoms with Gasteiger partial charge in [-0.1, -0.05) is 32.1 Å². The van der Waals surface area contributed by atoms with E-state index in [1.807, 2.05) is 0 Å². The van der Waals surface area contributed by atoms with Crippen LogP contribution in [0.25, 0.3) is 0 Å². The minimum Gasteiger partial charge on any atom is -0.349 e. The Hall–Kier alpha value is -0.670. The molecule has 0 aromatic heterocycles. The van der Waals surface area contributed by atoms with Crippen LogP contribution in [0.3, 0.4) is 0 Å². The Labute approximate surface area is 158 Å². The van der Waals surface area contributed by atoms with E-state index in [0.717, 1.165) is 33.6 Å². The van der Waals surface area contributed by atoms with Crippen molar-refractivity contribution in [3.63, 3.8) is 0 Å². The summed E-state index contributed by atoms with van der Waals surface area (Å²) in [6, 6.07) is 4.89. The summed E-state index contributed by atoms with van der Waals surface area (Å²) in [5, 5.41) is 3.10. The summed E-state index contributed by atoms with van der Waals surface area (Å²) in [6.07, 6.45) is 7.99. The van der Waals surface area contributed by atoms with Crippen molar-refractivity contribution in [1.29, 1.82) is 0 Å². The topological polar surface area (TPSA) is 66.5 Å². The number of rotatable bonds is 4. The molecule has 1 aliphatic rings. The Morgan fingerprint density at radius 1 is 1.12 bits per heavy atom. The number of carbonyl (C=O) groups is 1. The Balaban J connectivity index is 2.19. The maximum Gasteiger partial charge on any atom is 0.252 e. The first-order valence-corrected chi connectivity index (χ1v) is 10.9. The molecule has 1 aromatic carbocycles. The van der Waals surface area contributed by atoms with E-state index < -0.39 is 10.0 Å². The van der Waals surface area contributed by atoms with Gasteiger partial charge >= 0.3 is 0 Å². The van der Waals surface area contributed by atoms with Gasteiger partial charge in [0.1, 0.15) is 0 Å². The molecule has 134 valence electrons. The molecule has 5 nitrogen and oxygen atoms in total. The third-order valence-electron chi connectivity index (χ3n) is 4.40. The van der Waals surface area contributed by atoms with E-state index in [-0.39, 0.29) is 16.8 Å². The van der Waals surface area contributed by atoms with Gasteiger partial charge in [-0.3, -0.25) is 4.79 Å². The van der Waals surface area contributed by atoms with Crippen LogP contribution in [0.1, 0.15) is 55.3 Å². The molecule has 1 aromatic rings. The second-order valence-electron chi connectivity index (χ2n) is 6.44. The monoisotopic (exact) mass is 464 g/mol. The third-order valence-corrected chi connectivity index (χ3v) is 7.15. The molecule has 1 saturated carbocycles. The molecule has 2 rings (SSSR count). The maximum absolute atomic E-state index is 12.7. The first-order chi connectivity index (χ1) is 11.3. The number of carbonyl (C=O) groups excluding carboxylic acids is 1. The Kier molecular flexibility index (Phi) is 7.06. The van der Waals surface area contributed by atoms with Crippen LogP contribution in [0, 0.1) is 3.57 Å². The van der Waals surface area contributed by atoms with Crippen LogP contribution in [0.15, 0.2) is 23.1 Å². The van der Waals surface area contributed by atoms with Crippen LogP contribution in [-0.4, -0.2) is 38.8 Å². The fourth-order valence-electron chi connectivity index (χ4n) is 2.91. The van der Waals surface area contributed by atoms with Gasteiger partial charge in [-0.25, -0.2) is 12.7 Å². The first kappa shape index (κ1) is 19.7. The number of sulfonamides is 1. The fraction of sp³-hybridized carbons (Fsp3) is 0.588. The van der Waals surface area contributed by atoms with E-state index >= 15 is 0 Å². The van der Waals surface area contributed by atoms with Gasteiger partial charge in [0.15, 0.2) is 0 Å². The fourth-order valence-corrected chi connectivity index (χ4v) is 4.42. The zero-order valence-electron chi connectivity index (χ0n) is 14.2. The molecular weight excluding hydrogens is 439 g/mol. The van der Waals surface area contributed by atoms with Crippen molar-refractivity contribution in [2.45, 2.75) is 55.9 Å². The van der Waals surface area contributed by atoms with Crippen molar-refractivity contribution in [2.75, 3.05) is 14.1 Å². The largest absolute Gasteiger partial charge is 0.349 e. The van der Waals surface area contributed by atoms with Gasteiger partial charge < -0.3 is 5.32 Å². The van der Waals surface area contributed by atoms with E-state index in [1.165, 1.54) is 39.4 Å². The minimum atomic E-state index is -3.54. The van der Waals surface area contributed by atoms with Crippen LogP contribution < -0.4 is 5.32 Å². The zero-order valence-corrected chi connectivity index (χ0v) is 17.2. The van der Waals surface area contributed by atoms with Gasteiger partial charge in [0.2, 0.25) is 10.0 Å². The molecule has 1 N–H and O–H groups in total. The summed E-state index contributed by atoms with van der Waals surface area (Å²) >= 11 is 2.08. The van der Waals surface area contributed by atoms with E-state index in [2.05, 4.69) is 27.9 Å². The predicted octanol–water partition coefficient (Wildman–Crippen LogP) is 3.38. The highest BCUT2D eigenvalue weighted by Crippen LogP contribution is 2.22. The summed E-state index contributed by atoms with van der Waals surface area (Å²) in [7, 11) is -0.568. The lowest BCUT2D eigenvalue weighted by atomic mass is 9.96. The molecule has 0 radical (unpaired) electrons. The van der Waals surface area contributed by atoms with E-state index in [1.54, 1.807) is 12.1 Å². The van der Waals surface area contributed by atoms with Gasteiger partial charge in [0.25, 0.3) is 5.91 Å². The van der Waals surface area contributed by atoms with Gasteiger partial charge in [-0.2, -0.15) is 0 Å². The van der Waals surface area contributed by atoms with Gasteiger partial charge in [-0.05, 0) is 53.6 Å². The number of halogens is 1. The third kappa shape index (κ3) is 4.92. The smallest absolute Gasteiger partial charge is 0.252 e. The van der Waals surface area contributed by atoms with Crippen LogP contribution in [0.4, 0.5) is 0 Å². The van der Waals surface area contributed by atoms with Crippen LogP contribution >= 0.6 is 22.6 Å². The number of nitrogens with zero attached hydrogens (tertiary/aromatic N) is 1. The summed E-state index contributed by atoms with van der Waals surface area (Å²) < 4.78 is 26.5. The molecule has 7 heteroatoms. The average molecular weight is 464 g/mol. The molecule has 0 unspecified atom stereocenters.